The summed E-state index contributed by atoms with van der Waals surface area (Å²) < 4.78 is 17.0. The van der Waals surface area contributed by atoms with E-state index in [-0.39, 0.29) is 12.5 Å². The molecule has 144 valence electrons. The molecule has 0 aromatic heterocycles. The lowest BCUT2D eigenvalue weighted by Gasteiger charge is -2.29. The van der Waals surface area contributed by atoms with E-state index in [0.717, 1.165) is 11.1 Å². The highest BCUT2D eigenvalue weighted by atomic mass is 16.6. The highest BCUT2D eigenvalue weighted by Gasteiger charge is 2.45. The van der Waals surface area contributed by atoms with Crippen LogP contribution in [0.15, 0.2) is 54.6 Å². The van der Waals surface area contributed by atoms with Gasteiger partial charge in [0.15, 0.2) is 5.60 Å². The van der Waals surface area contributed by atoms with Gasteiger partial charge in [0.05, 0.1) is 12.8 Å². The Balaban J connectivity index is 1.64. The van der Waals surface area contributed by atoms with Crippen LogP contribution in [-0.4, -0.2) is 25.6 Å². The Kier molecular flexibility index (Phi) is 4.55. The lowest BCUT2D eigenvalue weighted by molar-refractivity contribution is -0.150. The average molecular weight is 379 g/mol. The number of ether oxygens (including phenoxy) is 3. The van der Waals surface area contributed by atoms with Crippen molar-refractivity contribution in [3.63, 3.8) is 0 Å². The first kappa shape index (κ1) is 18.1. The van der Waals surface area contributed by atoms with Crippen molar-refractivity contribution in [3.8, 4) is 11.5 Å². The number of fused-ring (bicyclic) bond motifs is 1. The Morgan fingerprint density at radius 3 is 2.61 bits per heavy atom. The summed E-state index contributed by atoms with van der Waals surface area (Å²) >= 11 is 0. The number of benzene rings is 2. The molecule has 4 rings (SSSR count). The first-order chi connectivity index (χ1) is 13.5. The summed E-state index contributed by atoms with van der Waals surface area (Å²) in [6, 6.07) is 13.0. The minimum atomic E-state index is -0.970. The number of amides is 1. The van der Waals surface area contributed by atoms with Gasteiger partial charge in [0.1, 0.15) is 18.1 Å². The van der Waals surface area contributed by atoms with Crippen LogP contribution in [0.3, 0.4) is 0 Å². The van der Waals surface area contributed by atoms with Gasteiger partial charge < -0.3 is 19.5 Å². The van der Waals surface area contributed by atoms with Crippen molar-refractivity contribution in [2.24, 2.45) is 0 Å². The second kappa shape index (κ2) is 7.03. The number of hydrogen-bond donors (Lipinski definition) is 1. The van der Waals surface area contributed by atoms with Crippen molar-refractivity contribution in [2.75, 3.05) is 19.0 Å². The molecule has 1 atom stereocenters. The molecular weight excluding hydrogens is 358 g/mol. The average Bonchev–Trinajstić information content (AvgIpc) is 3.01. The molecule has 0 saturated carbocycles. The largest absolute Gasteiger partial charge is 0.497 e. The first-order valence-electron chi connectivity index (χ1n) is 9.11. The SMILES string of the molecule is C=C1CC(COc2cccc3c2NC(=O)CC3)(c2ccc(OC)cc2)OC1=O. The summed E-state index contributed by atoms with van der Waals surface area (Å²) in [5.74, 6) is 0.812. The van der Waals surface area contributed by atoms with Crippen LogP contribution in [-0.2, 0) is 26.3 Å². The van der Waals surface area contributed by atoms with Crippen molar-refractivity contribution < 1.29 is 23.8 Å². The molecule has 2 aromatic carbocycles. The van der Waals surface area contributed by atoms with Crippen LogP contribution in [0.2, 0.25) is 0 Å². The standard InChI is InChI=1S/C22H21NO5/c1-14-12-22(28-21(14)25,16-7-9-17(26-2)10-8-16)13-27-18-5-3-4-15-6-11-19(24)23-20(15)18/h3-5,7-10H,1,6,11-13H2,2H3,(H,23,24). The third kappa shape index (κ3) is 3.22. The fourth-order valence-electron chi connectivity index (χ4n) is 3.61. The van der Waals surface area contributed by atoms with E-state index >= 15 is 0 Å². The van der Waals surface area contributed by atoms with Gasteiger partial charge in [-0.15, -0.1) is 0 Å². The number of nitrogens with one attached hydrogen (secondary N) is 1. The Bertz CT molecular complexity index is 932. The quantitative estimate of drug-likeness (QED) is 0.637. The lowest BCUT2D eigenvalue weighted by Crippen LogP contribution is -2.33. The van der Waals surface area contributed by atoms with E-state index < -0.39 is 11.6 Å². The van der Waals surface area contributed by atoms with Gasteiger partial charge in [-0.25, -0.2) is 4.79 Å². The first-order valence-corrected chi connectivity index (χ1v) is 9.11. The van der Waals surface area contributed by atoms with Crippen LogP contribution in [0.4, 0.5) is 5.69 Å². The van der Waals surface area contributed by atoms with Crippen molar-refractivity contribution in [1.82, 2.24) is 0 Å². The molecule has 6 heteroatoms. The molecule has 0 radical (unpaired) electrons. The van der Waals surface area contributed by atoms with E-state index in [1.54, 1.807) is 13.2 Å². The van der Waals surface area contributed by atoms with E-state index in [2.05, 4.69) is 11.9 Å². The number of esters is 1. The van der Waals surface area contributed by atoms with Crippen molar-refractivity contribution in [1.29, 1.82) is 0 Å². The number of rotatable bonds is 5. The Morgan fingerprint density at radius 1 is 1.14 bits per heavy atom. The number of aryl methyl sites for hydroxylation is 1. The molecule has 1 unspecified atom stereocenters. The van der Waals surface area contributed by atoms with Crippen LogP contribution in [0.1, 0.15) is 24.0 Å². The van der Waals surface area contributed by atoms with Gasteiger partial charge in [-0.1, -0.05) is 30.8 Å². The van der Waals surface area contributed by atoms with Crippen LogP contribution >= 0.6 is 0 Å². The van der Waals surface area contributed by atoms with E-state index in [0.29, 0.717) is 42.0 Å². The Morgan fingerprint density at radius 2 is 1.93 bits per heavy atom. The van der Waals surface area contributed by atoms with E-state index in [4.69, 9.17) is 14.2 Å². The van der Waals surface area contributed by atoms with Crippen molar-refractivity contribution in [3.05, 3.63) is 65.7 Å². The summed E-state index contributed by atoms with van der Waals surface area (Å²) in [7, 11) is 1.60. The van der Waals surface area contributed by atoms with Gasteiger partial charge in [-0.2, -0.15) is 0 Å². The van der Waals surface area contributed by atoms with Crippen LogP contribution in [0, 0.1) is 0 Å². The summed E-state index contributed by atoms with van der Waals surface area (Å²) in [5, 5.41) is 2.88. The number of carbonyl (C=O) groups excluding carboxylic acids is 2. The molecule has 1 saturated heterocycles. The minimum Gasteiger partial charge on any atom is -0.497 e. The Hall–Kier alpha value is -3.28. The van der Waals surface area contributed by atoms with Crippen LogP contribution in [0.25, 0.3) is 0 Å². The van der Waals surface area contributed by atoms with E-state index in [1.165, 1.54) is 0 Å². The van der Waals surface area contributed by atoms with Gasteiger partial charge in [0.2, 0.25) is 5.91 Å². The fraction of sp³-hybridized carbons (Fsp3) is 0.273. The zero-order chi connectivity index (χ0) is 19.7. The molecule has 2 aromatic rings. The predicted octanol–water partition coefficient (Wildman–Crippen LogP) is 3.36. The fourth-order valence-corrected chi connectivity index (χ4v) is 3.61. The smallest absolute Gasteiger partial charge is 0.334 e. The number of anilines is 1. The number of methoxy groups -OCH3 is 1. The predicted molar refractivity (Wildman–Crippen MR) is 103 cm³/mol. The number of para-hydroxylation sites is 1. The monoisotopic (exact) mass is 379 g/mol. The maximum atomic E-state index is 12.1. The molecule has 2 aliphatic heterocycles. The number of cyclic esters (lactones) is 1. The lowest BCUT2D eigenvalue weighted by atomic mass is 9.90. The normalized spacial score (nSPS) is 21.0. The molecule has 2 aliphatic rings. The van der Waals surface area contributed by atoms with Gasteiger partial charge in [-0.3, -0.25) is 4.79 Å². The topological polar surface area (TPSA) is 73.9 Å². The number of hydrogen-bond acceptors (Lipinski definition) is 5. The number of carbonyl (C=O) groups is 2. The summed E-state index contributed by atoms with van der Waals surface area (Å²) in [5.41, 5.74) is 1.95. The van der Waals surface area contributed by atoms with Crippen molar-refractivity contribution in [2.45, 2.75) is 24.9 Å². The van der Waals surface area contributed by atoms with Crippen LogP contribution < -0.4 is 14.8 Å². The third-order valence-corrected chi connectivity index (χ3v) is 5.15. The zero-order valence-electron chi connectivity index (χ0n) is 15.6. The van der Waals surface area contributed by atoms with E-state index in [1.807, 2.05) is 36.4 Å². The molecule has 1 N–H and O–H groups in total. The van der Waals surface area contributed by atoms with Crippen molar-refractivity contribution >= 4 is 17.6 Å². The maximum absolute atomic E-state index is 12.1. The zero-order valence-corrected chi connectivity index (χ0v) is 15.6. The molecule has 6 nitrogen and oxygen atoms in total. The summed E-state index contributed by atoms with van der Waals surface area (Å²) in [6.45, 7) is 3.92. The third-order valence-electron chi connectivity index (χ3n) is 5.15. The maximum Gasteiger partial charge on any atom is 0.334 e. The Labute approximate surface area is 163 Å². The van der Waals surface area contributed by atoms with Crippen LogP contribution in [0.5, 0.6) is 11.5 Å². The molecule has 0 bridgehead atoms. The molecule has 2 heterocycles. The molecule has 0 spiro atoms. The van der Waals surface area contributed by atoms with E-state index in [9.17, 15) is 9.59 Å². The van der Waals surface area contributed by atoms with Gasteiger partial charge in [-0.05, 0) is 35.7 Å². The van der Waals surface area contributed by atoms with Gasteiger partial charge in [0, 0.05) is 18.4 Å². The second-order valence-electron chi connectivity index (χ2n) is 7.02. The van der Waals surface area contributed by atoms with Gasteiger partial charge in [0.25, 0.3) is 0 Å². The summed E-state index contributed by atoms with van der Waals surface area (Å²) in [6.07, 6.45) is 1.47. The second-order valence-corrected chi connectivity index (χ2v) is 7.02. The molecular formula is C22H21NO5. The molecule has 1 amide bonds. The van der Waals surface area contributed by atoms with Gasteiger partial charge >= 0.3 is 5.97 Å². The molecule has 28 heavy (non-hydrogen) atoms. The highest BCUT2D eigenvalue weighted by Crippen LogP contribution is 2.41. The molecule has 1 fully saturated rings. The molecule has 0 aliphatic carbocycles. The summed E-state index contributed by atoms with van der Waals surface area (Å²) in [4.78, 5) is 23.9. The minimum absolute atomic E-state index is 0.0333. The highest BCUT2D eigenvalue weighted by molar-refractivity contribution is 5.95.